The fourth-order valence-corrected chi connectivity index (χ4v) is 10.2. The van der Waals surface area contributed by atoms with E-state index in [2.05, 4.69) is 39.8 Å². The quantitative estimate of drug-likeness (QED) is 0.460. The van der Waals surface area contributed by atoms with E-state index in [0.29, 0.717) is 18.9 Å². The number of furan rings is 1. The molecular weight excluding hydrogens is 472 g/mol. The highest BCUT2D eigenvalue weighted by Crippen LogP contribution is 2.75. The normalized spacial score (nSPS) is 49.9. The summed E-state index contributed by atoms with van der Waals surface area (Å²) < 4.78 is 23.9. The van der Waals surface area contributed by atoms with Crippen LogP contribution in [-0.2, 0) is 23.8 Å². The highest BCUT2D eigenvalue weighted by molar-refractivity contribution is 5.67. The minimum Gasteiger partial charge on any atom is -0.472 e. The molecule has 7 heteroatoms. The SMILES string of the molecule is CC(=O)O[C@H]1C[C@@H](OC(C)=O)[C@@]2(C)CO[C@H]3[C@@H](O)[C@]4(C)C5=CC[C@@H](c6ccoc6)[C@]5(C)CC[C@@H]4[C@@]1(C)[C@@H]32. The van der Waals surface area contributed by atoms with Gasteiger partial charge < -0.3 is 23.7 Å². The second-order valence-corrected chi connectivity index (χ2v) is 13.3. The molecule has 1 N–H and O–H groups in total. The molecule has 4 fully saturated rings. The summed E-state index contributed by atoms with van der Waals surface area (Å²) in [6, 6.07) is 2.06. The van der Waals surface area contributed by atoms with E-state index in [1.807, 2.05) is 6.26 Å². The Balaban J connectivity index is 1.48. The zero-order chi connectivity index (χ0) is 26.5. The Morgan fingerprint density at radius 2 is 1.78 bits per heavy atom. The van der Waals surface area contributed by atoms with Gasteiger partial charge in [-0.15, -0.1) is 0 Å². The molecule has 0 aromatic carbocycles. The van der Waals surface area contributed by atoms with Crippen molar-refractivity contribution in [2.75, 3.05) is 6.61 Å². The third-order valence-corrected chi connectivity index (χ3v) is 11.6. The van der Waals surface area contributed by atoms with E-state index in [0.717, 1.165) is 19.3 Å². The van der Waals surface area contributed by atoms with Crippen molar-refractivity contribution in [3.8, 4) is 0 Å². The molecule has 0 bridgehead atoms. The second kappa shape index (κ2) is 7.95. The third-order valence-electron chi connectivity index (χ3n) is 11.6. The van der Waals surface area contributed by atoms with Crippen molar-refractivity contribution in [2.45, 2.75) is 97.6 Å². The Hall–Kier alpha value is -2.12. The average Bonchev–Trinajstić information content (AvgIpc) is 3.53. The van der Waals surface area contributed by atoms with Crippen LogP contribution < -0.4 is 0 Å². The Labute approximate surface area is 218 Å². The summed E-state index contributed by atoms with van der Waals surface area (Å²) in [7, 11) is 0. The standard InChI is InChI=1S/C30H40O7/c1-16(31)36-22-13-23(37-17(2)32)30(6)21-9-11-27(3)19(18-10-12-34-14-18)7-8-20(27)29(21,5)26(33)24-25(30)28(22,4)15-35-24/h8,10,12,14,19,21-26,33H,7,9,11,13,15H2,1-6H3/t19-,21-,22+,23-,24+,25-,26+,27-,28+,29+,30+/m0/s1. The third kappa shape index (κ3) is 3.07. The number of aliphatic hydroxyl groups excluding tert-OH is 1. The lowest BCUT2D eigenvalue weighted by Gasteiger charge is -2.69. The Morgan fingerprint density at radius 3 is 2.43 bits per heavy atom. The van der Waals surface area contributed by atoms with Gasteiger partial charge in [0, 0.05) is 42.4 Å². The molecule has 3 saturated carbocycles. The van der Waals surface area contributed by atoms with Gasteiger partial charge >= 0.3 is 11.9 Å². The lowest BCUT2D eigenvalue weighted by molar-refractivity contribution is -0.262. The predicted molar refractivity (Wildman–Crippen MR) is 134 cm³/mol. The second-order valence-electron chi connectivity index (χ2n) is 13.3. The molecule has 1 aromatic rings. The lowest BCUT2D eigenvalue weighted by atomic mass is 9.36. The number of aliphatic hydroxyl groups is 1. The molecule has 0 amide bonds. The monoisotopic (exact) mass is 512 g/mol. The molecule has 0 radical (unpaired) electrons. The van der Waals surface area contributed by atoms with Crippen LogP contribution >= 0.6 is 0 Å². The van der Waals surface area contributed by atoms with Crippen molar-refractivity contribution in [1.82, 2.24) is 0 Å². The van der Waals surface area contributed by atoms with Crippen molar-refractivity contribution in [1.29, 1.82) is 0 Å². The summed E-state index contributed by atoms with van der Waals surface area (Å²) in [6.45, 7) is 12.2. The van der Waals surface area contributed by atoms with Crippen LogP contribution in [0.5, 0.6) is 0 Å². The van der Waals surface area contributed by atoms with Gasteiger partial charge in [-0.1, -0.05) is 39.3 Å². The van der Waals surface area contributed by atoms with Gasteiger partial charge in [0.25, 0.3) is 0 Å². The topological polar surface area (TPSA) is 95.2 Å². The van der Waals surface area contributed by atoms with Crippen molar-refractivity contribution >= 4 is 11.9 Å². The lowest BCUT2D eigenvalue weighted by Crippen LogP contribution is -2.73. The number of carbonyl (C=O) groups excluding carboxylic acids is 2. The molecule has 0 spiro atoms. The molecule has 1 aromatic heterocycles. The summed E-state index contributed by atoms with van der Waals surface area (Å²) in [4.78, 5) is 24.5. The number of carbonyl (C=O) groups is 2. The van der Waals surface area contributed by atoms with E-state index in [1.54, 1.807) is 6.26 Å². The highest BCUT2D eigenvalue weighted by atomic mass is 16.6. The maximum absolute atomic E-state index is 12.4. The molecule has 11 atom stereocenters. The number of ether oxygens (including phenoxy) is 3. The van der Waals surface area contributed by atoms with Gasteiger partial charge in [0.15, 0.2) is 0 Å². The summed E-state index contributed by atoms with van der Waals surface area (Å²) in [6.07, 6.45) is 7.14. The largest absolute Gasteiger partial charge is 0.472 e. The van der Waals surface area contributed by atoms with Crippen LogP contribution in [0.2, 0.25) is 0 Å². The van der Waals surface area contributed by atoms with Crippen LogP contribution in [0, 0.1) is 33.5 Å². The molecule has 4 aliphatic carbocycles. The molecule has 0 unspecified atom stereocenters. The van der Waals surface area contributed by atoms with Crippen molar-refractivity contribution < 1.29 is 33.3 Å². The van der Waals surface area contributed by atoms with Gasteiger partial charge in [0.1, 0.15) is 12.2 Å². The van der Waals surface area contributed by atoms with Gasteiger partial charge in [0.05, 0.1) is 31.3 Å². The molecule has 6 rings (SSSR count). The first kappa shape index (κ1) is 25.2. The van der Waals surface area contributed by atoms with Crippen molar-refractivity contribution in [2.24, 2.45) is 33.5 Å². The zero-order valence-electron chi connectivity index (χ0n) is 22.8. The molecule has 5 aliphatic rings. The van der Waals surface area contributed by atoms with E-state index >= 15 is 0 Å². The summed E-state index contributed by atoms with van der Waals surface area (Å²) in [5.74, 6) is -0.430. The zero-order valence-corrected chi connectivity index (χ0v) is 22.8. The molecular formula is C30H40O7. The number of rotatable bonds is 3. The Kier molecular flexibility index (Phi) is 5.41. The van der Waals surface area contributed by atoms with Crippen LogP contribution in [0.4, 0.5) is 0 Å². The van der Waals surface area contributed by atoms with Crippen molar-refractivity contribution in [3.63, 3.8) is 0 Å². The van der Waals surface area contributed by atoms with Crippen LogP contribution in [0.3, 0.4) is 0 Å². The Morgan fingerprint density at radius 1 is 1.08 bits per heavy atom. The van der Waals surface area contributed by atoms with Gasteiger partial charge in [-0.3, -0.25) is 9.59 Å². The fraction of sp³-hybridized carbons (Fsp3) is 0.733. The molecule has 202 valence electrons. The molecule has 1 saturated heterocycles. The first-order chi connectivity index (χ1) is 17.4. The van der Waals surface area contributed by atoms with E-state index < -0.39 is 40.7 Å². The first-order valence-corrected chi connectivity index (χ1v) is 13.8. The Bertz CT molecular complexity index is 1140. The van der Waals surface area contributed by atoms with Crippen molar-refractivity contribution in [3.05, 3.63) is 35.8 Å². The van der Waals surface area contributed by atoms with Crippen LogP contribution in [0.15, 0.2) is 34.7 Å². The molecule has 2 heterocycles. The maximum Gasteiger partial charge on any atom is 0.302 e. The number of hydrogen-bond donors (Lipinski definition) is 1. The number of esters is 2. The van der Waals surface area contributed by atoms with Gasteiger partial charge in [-0.25, -0.2) is 0 Å². The summed E-state index contributed by atoms with van der Waals surface area (Å²) in [5, 5.41) is 12.2. The van der Waals surface area contributed by atoms with Gasteiger partial charge in [-0.05, 0) is 48.1 Å². The fourth-order valence-electron chi connectivity index (χ4n) is 10.2. The maximum atomic E-state index is 12.4. The van der Waals surface area contributed by atoms with E-state index in [-0.39, 0.29) is 29.2 Å². The average molecular weight is 513 g/mol. The van der Waals surface area contributed by atoms with Gasteiger partial charge in [0.2, 0.25) is 0 Å². The predicted octanol–water partition coefficient (Wildman–Crippen LogP) is 4.79. The molecule has 1 aliphatic heterocycles. The summed E-state index contributed by atoms with van der Waals surface area (Å²) in [5.41, 5.74) is 0.924. The van der Waals surface area contributed by atoms with Crippen LogP contribution in [0.25, 0.3) is 0 Å². The van der Waals surface area contributed by atoms with Crippen LogP contribution in [-0.4, -0.2) is 48.1 Å². The molecule has 7 nitrogen and oxygen atoms in total. The minimum atomic E-state index is -0.722. The van der Waals surface area contributed by atoms with Crippen LogP contribution in [0.1, 0.15) is 78.7 Å². The smallest absolute Gasteiger partial charge is 0.302 e. The van der Waals surface area contributed by atoms with Gasteiger partial charge in [-0.2, -0.15) is 0 Å². The van der Waals surface area contributed by atoms with E-state index in [4.69, 9.17) is 18.6 Å². The molecule has 37 heavy (non-hydrogen) atoms. The number of fused-ring (bicyclic) bond motifs is 4. The van der Waals surface area contributed by atoms with E-state index in [1.165, 1.54) is 25.0 Å². The number of allylic oxidation sites excluding steroid dienone is 1. The number of hydrogen-bond acceptors (Lipinski definition) is 7. The minimum absolute atomic E-state index is 0.0716. The van der Waals surface area contributed by atoms with E-state index in [9.17, 15) is 14.7 Å². The highest BCUT2D eigenvalue weighted by Gasteiger charge is 2.77. The summed E-state index contributed by atoms with van der Waals surface area (Å²) >= 11 is 0. The first-order valence-electron chi connectivity index (χ1n) is 13.8.